The fourth-order valence-electron chi connectivity index (χ4n) is 2.87. The van der Waals surface area contributed by atoms with Crippen LogP contribution in [0.5, 0.6) is 0 Å². The van der Waals surface area contributed by atoms with Gasteiger partial charge in [0, 0.05) is 24.7 Å². The van der Waals surface area contributed by atoms with Gasteiger partial charge in [-0.1, -0.05) is 31.5 Å². The van der Waals surface area contributed by atoms with E-state index in [4.69, 9.17) is 0 Å². The molecule has 0 saturated heterocycles. The summed E-state index contributed by atoms with van der Waals surface area (Å²) in [6.07, 6.45) is 3.78. The van der Waals surface area contributed by atoms with Gasteiger partial charge in [0.1, 0.15) is 0 Å². The molecule has 0 spiro atoms. The van der Waals surface area contributed by atoms with Crippen LogP contribution in [0.25, 0.3) is 0 Å². The molecule has 110 valence electrons. The van der Waals surface area contributed by atoms with Gasteiger partial charge in [-0.25, -0.2) is 0 Å². The first kappa shape index (κ1) is 15.0. The first-order chi connectivity index (χ1) is 9.46. The molecule has 1 unspecified atom stereocenters. The van der Waals surface area contributed by atoms with Crippen LogP contribution in [-0.2, 0) is 0 Å². The lowest BCUT2D eigenvalue weighted by Gasteiger charge is -2.18. The summed E-state index contributed by atoms with van der Waals surface area (Å²) in [6, 6.07) is 8.29. The predicted molar refractivity (Wildman–Crippen MR) is 82.9 cm³/mol. The molecule has 2 rings (SSSR count). The van der Waals surface area contributed by atoms with E-state index >= 15 is 0 Å². The van der Waals surface area contributed by atoms with Crippen molar-refractivity contribution in [2.75, 3.05) is 13.1 Å². The van der Waals surface area contributed by atoms with Crippen molar-refractivity contribution in [1.82, 2.24) is 10.6 Å². The Bertz CT molecular complexity index is 451. The van der Waals surface area contributed by atoms with Gasteiger partial charge in [-0.15, -0.1) is 0 Å². The van der Waals surface area contributed by atoms with E-state index in [1.54, 1.807) is 0 Å². The molecule has 0 aromatic heterocycles. The number of hydrogen-bond acceptors (Lipinski definition) is 2. The van der Waals surface area contributed by atoms with Gasteiger partial charge in [-0.3, -0.25) is 4.79 Å². The minimum atomic E-state index is 0.0125. The van der Waals surface area contributed by atoms with E-state index in [2.05, 4.69) is 24.5 Å². The molecule has 1 aromatic carbocycles. The van der Waals surface area contributed by atoms with E-state index in [0.717, 1.165) is 12.1 Å². The number of carbonyl (C=O) groups excluding carboxylic acids is 1. The van der Waals surface area contributed by atoms with Crippen LogP contribution in [-0.4, -0.2) is 25.0 Å². The standard InChI is InChI=1S/C17H26N2O/c1-13-4-6-14(7-5-13)16(20)19-11-10-18-15-8-9-17(2,3)12-15/h4-7,15,18H,8-12H2,1-3H3,(H,19,20). The highest BCUT2D eigenvalue weighted by Gasteiger charge is 2.30. The Morgan fingerprint density at radius 2 is 1.95 bits per heavy atom. The second kappa shape index (κ2) is 6.40. The van der Waals surface area contributed by atoms with Crippen molar-refractivity contribution < 1.29 is 4.79 Å². The highest BCUT2D eigenvalue weighted by Crippen LogP contribution is 2.36. The highest BCUT2D eigenvalue weighted by atomic mass is 16.1. The molecule has 3 nitrogen and oxygen atoms in total. The number of nitrogens with one attached hydrogen (secondary N) is 2. The fraction of sp³-hybridized carbons (Fsp3) is 0.588. The van der Waals surface area contributed by atoms with Gasteiger partial charge in [0.05, 0.1) is 0 Å². The number of rotatable bonds is 5. The topological polar surface area (TPSA) is 41.1 Å². The normalized spacial score (nSPS) is 20.9. The molecule has 1 aliphatic carbocycles. The summed E-state index contributed by atoms with van der Waals surface area (Å²) in [5.74, 6) is 0.0125. The molecular weight excluding hydrogens is 248 g/mol. The third-order valence-corrected chi connectivity index (χ3v) is 4.13. The first-order valence-electron chi connectivity index (χ1n) is 7.54. The summed E-state index contributed by atoms with van der Waals surface area (Å²) in [5.41, 5.74) is 2.38. The van der Waals surface area contributed by atoms with Crippen molar-refractivity contribution in [2.24, 2.45) is 5.41 Å². The highest BCUT2D eigenvalue weighted by molar-refractivity contribution is 5.94. The summed E-state index contributed by atoms with van der Waals surface area (Å²) >= 11 is 0. The second-order valence-corrected chi connectivity index (χ2v) is 6.68. The van der Waals surface area contributed by atoms with Crippen LogP contribution >= 0.6 is 0 Å². The van der Waals surface area contributed by atoms with Crippen LogP contribution in [0.2, 0.25) is 0 Å². The van der Waals surface area contributed by atoms with Crippen LogP contribution in [0.15, 0.2) is 24.3 Å². The Morgan fingerprint density at radius 1 is 1.25 bits per heavy atom. The van der Waals surface area contributed by atoms with Crippen molar-refractivity contribution in [2.45, 2.75) is 46.1 Å². The van der Waals surface area contributed by atoms with Gasteiger partial charge in [0.25, 0.3) is 5.91 Å². The van der Waals surface area contributed by atoms with E-state index in [1.807, 2.05) is 31.2 Å². The van der Waals surface area contributed by atoms with Crippen LogP contribution in [0, 0.1) is 12.3 Å². The number of carbonyl (C=O) groups is 1. The number of amides is 1. The SMILES string of the molecule is Cc1ccc(C(=O)NCCNC2CCC(C)(C)C2)cc1. The number of aryl methyl sites for hydroxylation is 1. The van der Waals surface area contributed by atoms with Gasteiger partial charge in [0.15, 0.2) is 0 Å². The Kier molecular flexibility index (Phi) is 4.81. The maximum Gasteiger partial charge on any atom is 0.251 e. The largest absolute Gasteiger partial charge is 0.351 e. The van der Waals surface area contributed by atoms with E-state index in [9.17, 15) is 4.79 Å². The lowest BCUT2D eigenvalue weighted by molar-refractivity contribution is 0.0953. The predicted octanol–water partition coefficient (Wildman–Crippen LogP) is 2.89. The molecule has 0 aliphatic heterocycles. The monoisotopic (exact) mass is 274 g/mol. The molecule has 0 bridgehead atoms. The molecule has 1 saturated carbocycles. The molecule has 1 amide bonds. The van der Waals surface area contributed by atoms with Gasteiger partial charge in [-0.2, -0.15) is 0 Å². The summed E-state index contributed by atoms with van der Waals surface area (Å²) in [5, 5.41) is 6.50. The van der Waals surface area contributed by atoms with E-state index in [-0.39, 0.29) is 5.91 Å². The first-order valence-corrected chi connectivity index (χ1v) is 7.54. The molecule has 3 heteroatoms. The van der Waals surface area contributed by atoms with Crippen LogP contribution in [0.3, 0.4) is 0 Å². The van der Waals surface area contributed by atoms with Crippen molar-refractivity contribution in [1.29, 1.82) is 0 Å². The van der Waals surface area contributed by atoms with Crippen LogP contribution < -0.4 is 10.6 Å². The Morgan fingerprint density at radius 3 is 2.55 bits per heavy atom. The maximum atomic E-state index is 11.9. The third-order valence-electron chi connectivity index (χ3n) is 4.13. The number of hydrogen-bond donors (Lipinski definition) is 2. The molecule has 1 fully saturated rings. The van der Waals surface area contributed by atoms with E-state index in [1.165, 1.54) is 24.8 Å². The Hall–Kier alpha value is -1.35. The molecule has 0 radical (unpaired) electrons. The molecule has 2 N–H and O–H groups in total. The third kappa shape index (κ3) is 4.34. The summed E-state index contributed by atoms with van der Waals surface area (Å²) in [7, 11) is 0. The minimum Gasteiger partial charge on any atom is -0.351 e. The number of benzene rings is 1. The van der Waals surface area contributed by atoms with Crippen LogP contribution in [0.1, 0.15) is 49.0 Å². The van der Waals surface area contributed by atoms with Gasteiger partial charge in [-0.05, 0) is 43.7 Å². The molecule has 1 aliphatic rings. The molecule has 0 heterocycles. The Labute approximate surface area is 122 Å². The summed E-state index contributed by atoms with van der Waals surface area (Å²) in [6.45, 7) is 8.21. The average Bonchev–Trinajstić information content (AvgIpc) is 2.75. The lowest BCUT2D eigenvalue weighted by atomic mass is 9.92. The van der Waals surface area contributed by atoms with Crippen molar-refractivity contribution >= 4 is 5.91 Å². The van der Waals surface area contributed by atoms with Gasteiger partial charge >= 0.3 is 0 Å². The van der Waals surface area contributed by atoms with Gasteiger partial charge in [0.2, 0.25) is 0 Å². The Balaban J connectivity index is 1.66. The zero-order valence-corrected chi connectivity index (χ0v) is 12.8. The molecular formula is C17H26N2O. The minimum absolute atomic E-state index is 0.0125. The summed E-state index contributed by atoms with van der Waals surface area (Å²) in [4.78, 5) is 11.9. The average molecular weight is 274 g/mol. The van der Waals surface area contributed by atoms with Crippen molar-refractivity contribution in [3.8, 4) is 0 Å². The molecule has 20 heavy (non-hydrogen) atoms. The van der Waals surface area contributed by atoms with Crippen molar-refractivity contribution in [3.63, 3.8) is 0 Å². The molecule has 1 aromatic rings. The fourth-order valence-corrected chi connectivity index (χ4v) is 2.87. The smallest absolute Gasteiger partial charge is 0.251 e. The molecule has 1 atom stereocenters. The lowest BCUT2D eigenvalue weighted by Crippen LogP contribution is -2.36. The van der Waals surface area contributed by atoms with E-state index in [0.29, 0.717) is 18.0 Å². The van der Waals surface area contributed by atoms with Gasteiger partial charge < -0.3 is 10.6 Å². The maximum absolute atomic E-state index is 11.9. The zero-order valence-electron chi connectivity index (χ0n) is 12.8. The van der Waals surface area contributed by atoms with E-state index < -0.39 is 0 Å². The van der Waals surface area contributed by atoms with Crippen molar-refractivity contribution in [3.05, 3.63) is 35.4 Å². The summed E-state index contributed by atoms with van der Waals surface area (Å²) < 4.78 is 0. The van der Waals surface area contributed by atoms with Crippen LogP contribution in [0.4, 0.5) is 0 Å². The quantitative estimate of drug-likeness (QED) is 0.811. The second-order valence-electron chi connectivity index (χ2n) is 6.68. The zero-order chi connectivity index (χ0) is 14.6.